The van der Waals surface area contributed by atoms with Gasteiger partial charge in [0, 0.05) is 6.54 Å². The van der Waals surface area contributed by atoms with E-state index in [0.717, 1.165) is 18.9 Å². The highest BCUT2D eigenvalue weighted by atomic mass is 16.2. The summed E-state index contributed by atoms with van der Waals surface area (Å²) in [5, 5.41) is 3.58. The number of amides is 1. The maximum Gasteiger partial charge on any atom is 0.241 e. The second-order valence-corrected chi connectivity index (χ2v) is 6.81. The molecule has 1 heterocycles. The van der Waals surface area contributed by atoms with Crippen molar-refractivity contribution in [3.05, 3.63) is 35.9 Å². The zero-order valence-electron chi connectivity index (χ0n) is 13.3. The van der Waals surface area contributed by atoms with Gasteiger partial charge in [-0.15, -0.1) is 0 Å². The van der Waals surface area contributed by atoms with E-state index in [1.807, 2.05) is 6.07 Å². The largest absolute Gasteiger partial charge is 0.321 e. The molecule has 1 aliphatic heterocycles. The van der Waals surface area contributed by atoms with Gasteiger partial charge in [0.05, 0.1) is 6.04 Å². The topological polar surface area (TPSA) is 32.3 Å². The van der Waals surface area contributed by atoms with Crippen LogP contribution in [0.25, 0.3) is 0 Å². The monoisotopic (exact) mass is 286 g/mol. The van der Waals surface area contributed by atoms with E-state index in [2.05, 4.69) is 55.3 Å². The van der Waals surface area contributed by atoms with Gasteiger partial charge in [-0.1, -0.05) is 57.5 Å². The minimum Gasteiger partial charge on any atom is -0.321 e. The predicted molar refractivity (Wildman–Crippen MR) is 84.5 cm³/mol. The molecule has 3 heteroatoms. The summed E-state index contributed by atoms with van der Waals surface area (Å²) >= 11 is 0. The molecule has 3 rings (SSSR count). The Bertz CT molecular complexity index is 501. The third-order valence-electron chi connectivity index (χ3n) is 5.23. The molecule has 21 heavy (non-hydrogen) atoms. The lowest BCUT2D eigenvalue weighted by Gasteiger charge is -2.24. The Hall–Kier alpha value is -1.35. The van der Waals surface area contributed by atoms with Gasteiger partial charge in [0.15, 0.2) is 0 Å². The second-order valence-electron chi connectivity index (χ2n) is 6.81. The molecule has 1 aromatic rings. The summed E-state index contributed by atoms with van der Waals surface area (Å²) in [6.45, 7) is 7.51. The van der Waals surface area contributed by atoms with Crippen molar-refractivity contribution in [1.82, 2.24) is 10.2 Å². The van der Waals surface area contributed by atoms with E-state index in [4.69, 9.17) is 0 Å². The van der Waals surface area contributed by atoms with Crippen LogP contribution >= 0.6 is 0 Å². The lowest BCUT2D eigenvalue weighted by molar-refractivity contribution is -0.131. The van der Waals surface area contributed by atoms with Crippen LogP contribution in [0.4, 0.5) is 0 Å². The van der Waals surface area contributed by atoms with Crippen molar-refractivity contribution >= 4 is 5.91 Å². The zero-order valence-corrected chi connectivity index (χ0v) is 13.3. The van der Waals surface area contributed by atoms with Crippen molar-refractivity contribution in [2.24, 2.45) is 17.8 Å². The maximum absolute atomic E-state index is 12.8. The van der Waals surface area contributed by atoms with Gasteiger partial charge in [0.1, 0.15) is 6.17 Å². The van der Waals surface area contributed by atoms with E-state index >= 15 is 0 Å². The Balaban J connectivity index is 1.83. The Morgan fingerprint density at radius 1 is 1.33 bits per heavy atom. The molecule has 1 amide bonds. The quantitative estimate of drug-likeness (QED) is 0.901. The molecule has 0 aromatic heterocycles. The summed E-state index contributed by atoms with van der Waals surface area (Å²) in [6, 6.07) is 10.3. The van der Waals surface area contributed by atoms with E-state index < -0.39 is 0 Å². The lowest BCUT2D eigenvalue weighted by atomic mass is 9.99. The van der Waals surface area contributed by atoms with Crippen LogP contribution in [0.1, 0.15) is 45.3 Å². The van der Waals surface area contributed by atoms with Gasteiger partial charge in [0.2, 0.25) is 5.91 Å². The van der Waals surface area contributed by atoms with Crippen LogP contribution < -0.4 is 5.32 Å². The van der Waals surface area contributed by atoms with Gasteiger partial charge in [-0.2, -0.15) is 0 Å². The SMILES string of the molecule is CCC(C)C1NC(c2ccccc2)N(CC2CC2C)C1=O. The minimum atomic E-state index is -0.0331. The maximum atomic E-state index is 12.8. The third kappa shape index (κ3) is 2.84. The van der Waals surface area contributed by atoms with Gasteiger partial charge in [-0.05, 0) is 29.7 Å². The molecule has 2 aliphatic rings. The fraction of sp³-hybridized carbons (Fsp3) is 0.611. The highest BCUT2D eigenvalue weighted by molar-refractivity contribution is 5.85. The van der Waals surface area contributed by atoms with E-state index in [-0.39, 0.29) is 18.1 Å². The number of hydrogen-bond donors (Lipinski definition) is 1. The molecule has 114 valence electrons. The molecule has 0 bridgehead atoms. The summed E-state index contributed by atoms with van der Waals surface area (Å²) < 4.78 is 0. The average Bonchev–Trinajstić information content (AvgIpc) is 3.11. The first-order chi connectivity index (χ1) is 10.1. The first-order valence-electron chi connectivity index (χ1n) is 8.23. The number of hydrogen-bond acceptors (Lipinski definition) is 2. The van der Waals surface area contributed by atoms with Gasteiger partial charge in [-0.25, -0.2) is 0 Å². The Morgan fingerprint density at radius 3 is 2.57 bits per heavy atom. The first kappa shape index (κ1) is 14.6. The molecule has 1 aliphatic carbocycles. The first-order valence-corrected chi connectivity index (χ1v) is 8.23. The lowest BCUT2D eigenvalue weighted by Crippen LogP contribution is -2.36. The number of nitrogens with one attached hydrogen (secondary N) is 1. The third-order valence-corrected chi connectivity index (χ3v) is 5.23. The van der Waals surface area contributed by atoms with Crippen LogP contribution in [0.5, 0.6) is 0 Å². The highest BCUT2D eigenvalue weighted by Gasteiger charge is 2.45. The minimum absolute atomic E-state index is 0.0331. The smallest absolute Gasteiger partial charge is 0.241 e. The molecule has 1 aromatic carbocycles. The van der Waals surface area contributed by atoms with Gasteiger partial charge in [0.25, 0.3) is 0 Å². The summed E-state index contributed by atoms with van der Waals surface area (Å²) in [6.07, 6.45) is 2.34. The molecule has 1 saturated heterocycles. The van der Waals surface area contributed by atoms with Crippen LogP contribution in [0.2, 0.25) is 0 Å². The Morgan fingerprint density at radius 2 is 2.00 bits per heavy atom. The molecular formula is C18H26N2O. The number of rotatable bonds is 5. The van der Waals surface area contributed by atoms with Crippen molar-refractivity contribution in [2.75, 3.05) is 6.54 Å². The van der Waals surface area contributed by atoms with E-state index in [0.29, 0.717) is 11.8 Å². The molecule has 2 fully saturated rings. The van der Waals surface area contributed by atoms with Crippen LogP contribution in [0, 0.1) is 17.8 Å². The zero-order chi connectivity index (χ0) is 15.0. The molecule has 1 saturated carbocycles. The average molecular weight is 286 g/mol. The number of nitrogens with zero attached hydrogens (tertiary/aromatic N) is 1. The molecule has 1 N–H and O–H groups in total. The Kier molecular flexibility index (Phi) is 4.03. The summed E-state index contributed by atoms with van der Waals surface area (Å²) in [4.78, 5) is 14.9. The Labute approximate surface area is 127 Å². The fourth-order valence-corrected chi connectivity index (χ4v) is 3.29. The van der Waals surface area contributed by atoms with E-state index in [9.17, 15) is 4.79 Å². The summed E-state index contributed by atoms with van der Waals surface area (Å²) in [5.41, 5.74) is 1.20. The van der Waals surface area contributed by atoms with Gasteiger partial charge in [-0.3, -0.25) is 10.1 Å². The van der Waals surface area contributed by atoms with Crippen LogP contribution in [-0.4, -0.2) is 23.4 Å². The molecule has 5 unspecified atom stereocenters. The number of carbonyl (C=O) groups is 1. The fourth-order valence-electron chi connectivity index (χ4n) is 3.29. The van der Waals surface area contributed by atoms with Crippen molar-refractivity contribution in [3.63, 3.8) is 0 Å². The molecule has 5 atom stereocenters. The van der Waals surface area contributed by atoms with Crippen molar-refractivity contribution in [2.45, 2.75) is 45.8 Å². The van der Waals surface area contributed by atoms with Gasteiger partial charge >= 0.3 is 0 Å². The number of carbonyl (C=O) groups excluding carboxylic acids is 1. The highest BCUT2D eigenvalue weighted by Crippen LogP contribution is 2.41. The molecule has 3 nitrogen and oxygen atoms in total. The van der Waals surface area contributed by atoms with Gasteiger partial charge < -0.3 is 4.90 Å². The normalized spacial score (nSPS) is 33.3. The predicted octanol–water partition coefficient (Wildman–Crippen LogP) is 3.19. The van der Waals surface area contributed by atoms with Crippen molar-refractivity contribution in [3.8, 4) is 0 Å². The standard InChI is InChI=1S/C18H26N2O/c1-4-12(2)16-18(21)20(11-15-10-13(15)3)17(19-16)14-8-6-5-7-9-14/h5-9,12-13,15-17,19H,4,10-11H2,1-3H3. The van der Waals surface area contributed by atoms with E-state index in [1.165, 1.54) is 12.0 Å². The van der Waals surface area contributed by atoms with Crippen molar-refractivity contribution in [1.29, 1.82) is 0 Å². The van der Waals surface area contributed by atoms with E-state index in [1.54, 1.807) is 0 Å². The van der Waals surface area contributed by atoms with Crippen LogP contribution in [-0.2, 0) is 4.79 Å². The summed E-state index contributed by atoms with van der Waals surface area (Å²) in [7, 11) is 0. The molecule has 0 radical (unpaired) electrons. The molecular weight excluding hydrogens is 260 g/mol. The van der Waals surface area contributed by atoms with Crippen LogP contribution in [0.3, 0.4) is 0 Å². The van der Waals surface area contributed by atoms with Crippen molar-refractivity contribution < 1.29 is 4.79 Å². The molecule has 0 spiro atoms. The van der Waals surface area contributed by atoms with Crippen LogP contribution in [0.15, 0.2) is 30.3 Å². The second kappa shape index (κ2) is 5.80. The number of benzene rings is 1. The summed E-state index contributed by atoms with van der Waals surface area (Å²) in [5.74, 6) is 2.14.